The number of nitrogens with zero attached hydrogens (tertiary/aromatic N) is 1. The van der Waals surface area contributed by atoms with Crippen molar-refractivity contribution in [1.29, 1.82) is 0 Å². The average molecular weight is 358 g/mol. The number of halogens is 3. The first-order valence-corrected chi connectivity index (χ1v) is 6.69. The molecule has 0 aliphatic rings. The van der Waals surface area contributed by atoms with Crippen molar-refractivity contribution in [3.05, 3.63) is 67.7 Å². The lowest BCUT2D eigenvalue weighted by molar-refractivity contribution is -0.386. The highest BCUT2D eigenvalue weighted by atomic mass is 79.9. The molecule has 0 N–H and O–H groups in total. The van der Waals surface area contributed by atoms with E-state index >= 15 is 0 Å². The van der Waals surface area contributed by atoms with E-state index < -0.39 is 23.2 Å². The van der Waals surface area contributed by atoms with E-state index in [-0.39, 0.29) is 21.5 Å². The van der Waals surface area contributed by atoms with Gasteiger partial charge in [-0.15, -0.1) is 0 Å². The van der Waals surface area contributed by atoms with E-state index in [1.54, 1.807) is 13.0 Å². The Morgan fingerprint density at radius 2 is 2.00 bits per heavy atom. The number of hydrogen-bond acceptors (Lipinski definition) is 3. The second-order valence-corrected chi connectivity index (χ2v) is 5.19. The van der Waals surface area contributed by atoms with Gasteiger partial charge in [0.1, 0.15) is 18.2 Å². The third-order valence-electron chi connectivity index (χ3n) is 2.82. The molecule has 0 saturated heterocycles. The van der Waals surface area contributed by atoms with Gasteiger partial charge >= 0.3 is 5.69 Å². The Kier molecular flexibility index (Phi) is 4.52. The van der Waals surface area contributed by atoms with Crippen LogP contribution < -0.4 is 4.74 Å². The van der Waals surface area contributed by atoms with Crippen LogP contribution in [0.5, 0.6) is 5.75 Å². The Hall–Kier alpha value is -2.02. The monoisotopic (exact) mass is 357 g/mol. The standard InChI is InChI=1S/C14H10BrF2NO3/c1-8-2-5-12(18(19)20)13(6-8)21-7-9-11(16)4-3-10(15)14(9)17/h2-6H,7H2,1H3. The van der Waals surface area contributed by atoms with E-state index in [2.05, 4.69) is 15.9 Å². The lowest BCUT2D eigenvalue weighted by atomic mass is 10.2. The van der Waals surface area contributed by atoms with Crippen molar-refractivity contribution in [1.82, 2.24) is 0 Å². The zero-order chi connectivity index (χ0) is 15.6. The Labute approximate surface area is 127 Å². The van der Waals surface area contributed by atoms with Crippen molar-refractivity contribution in [2.45, 2.75) is 13.5 Å². The Morgan fingerprint density at radius 3 is 2.67 bits per heavy atom. The first-order chi connectivity index (χ1) is 9.90. The fourth-order valence-corrected chi connectivity index (χ4v) is 2.11. The second-order valence-electron chi connectivity index (χ2n) is 4.34. The van der Waals surface area contributed by atoms with Gasteiger partial charge in [-0.3, -0.25) is 10.1 Å². The summed E-state index contributed by atoms with van der Waals surface area (Å²) in [5, 5.41) is 10.9. The molecule has 0 bridgehead atoms. The number of ether oxygens (including phenoxy) is 1. The molecule has 0 fully saturated rings. The van der Waals surface area contributed by atoms with Crippen LogP contribution in [-0.2, 0) is 6.61 Å². The number of aryl methyl sites for hydroxylation is 1. The molecule has 2 aromatic carbocycles. The molecule has 0 heterocycles. The molecule has 0 atom stereocenters. The number of benzene rings is 2. The Balaban J connectivity index is 2.31. The minimum Gasteiger partial charge on any atom is -0.482 e. The minimum atomic E-state index is -0.787. The van der Waals surface area contributed by atoms with Gasteiger partial charge in [0.2, 0.25) is 0 Å². The van der Waals surface area contributed by atoms with E-state index in [9.17, 15) is 18.9 Å². The van der Waals surface area contributed by atoms with Gasteiger partial charge in [-0.25, -0.2) is 8.78 Å². The first-order valence-electron chi connectivity index (χ1n) is 5.90. The largest absolute Gasteiger partial charge is 0.482 e. The molecule has 0 radical (unpaired) electrons. The summed E-state index contributed by atoms with van der Waals surface area (Å²) in [5.41, 5.74) is 0.197. The maximum atomic E-state index is 13.8. The van der Waals surface area contributed by atoms with Crippen molar-refractivity contribution in [2.24, 2.45) is 0 Å². The second kappa shape index (κ2) is 6.17. The maximum Gasteiger partial charge on any atom is 0.310 e. The molecule has 2 aromatic rings. The SMILES string of the molecule is Cc1ccc([N+](=O)[O-])c(OCc2c(F)ccc(Br)c2F)c1. The number of nitro benzene ring substituents is 1. The van der Waals surface area contributed by atoms with E-state index in [1.807, 2.05) is 0 Å². The van der Waals surface area contributed by atoms with Gasteiger partial charge in [0.25, 0.3) is 0 Å². The van der Waals surface area contributed by atoms with Gasteiger partial charge in [0.15, 0.2) is 5.75 Å². The molecule has 110 valence electrons. The fourth-order valence-electron chi connectivity index (χ4n) is 1.74. The van der Waals surface area contributed by atoms with Gasteiger partial charge in [0, 0.05) is 6.07 Å². The van der Waals surface area contributed by atoms with Gasteiger partial charge in [-0.05, 0) is 46.6 Å². The summed E-state index contributed by atoms with van der Waals surface area (Å²) in [6.45, 7) is 1.29. The highest BCUT2D eigenvalue weighted by Crippen LogP contribution is 2.30. The van der Waals surface area contributed by atoms with Crippen molar-refractivity contribution in [2.75, 3.05) is 0 Å². The Bertz CT molecular complexity index is 707. The summed E-state index contributed by atoms with van der Waals surface area (Å²) < 4.78 is 32.7. The van der Waals surface area contributed by atoms with Crippen molar-refractivity contribution in [3.63, 3.8) is 0 Å². The van der Waals surface area contributed by atoms with Crippen molar-refractivity contribution >= 4 is 21.6 Å². The highest BCUT2D eigenvalue weighted by molar-refractivity contribution is 9.10. The fraction of sp³-hybridized carbons (Fsp3) is 0.143. The normalized spacial score (nSPS) is 10.5. The van der Waals surface area contributed by atoms with Crippen LogP contribution in [0, 0.1) is 28.7 Å². The van der Waals surface area contributed by atoms with Crippen LogP contribution in [0.2, 0.25) is 0 Å². The van der Waals surface area contributed by atoms with Crippen LogP contribution in [0.15, 0.2) is 34.8 Å². The van der Waals surface area contributed by atoms with E-state index in [1.165, 1.54) is 18.2 Å². The summed E-state index contributed by atoms with van der Waals surface area (Å²) in [4.78, 5) is 10.3. The van der Waals surface area contributed by atoms with Gasteiger partial charge in [-0.1, -0.05) is 6.07 Å². The molecule has 0 aromatic heterocycles. The zero-order valence-corrected chi connectivity index (χ0v) is 12.5. The van der Waals surface area contributed by atoms with E-state index in [0.29, 0.717) is 0 Å². The molecule has 0 aliphatic carbocycles. The number of hydrogen-bond donors (Lipinski definition) is 0. The van der Waals surface area contributed by atoms with Crippen molar-refractivity contribution < 1.29 is 18.4 Å². The van der Waals surface area contributed by atoms with Crippen LogP contribution in [0.25, 0.3) is 0 Å². The Morgan fingerprint density at radius 1 is 1.29 bits per heavy atom. The molecule has 0 unspecified atom stereocenters. The predicted molar refractivity (Wildman–Crippen MR) is 76.2 cm³/mol. The first kappa shape index (κ1) is 15.4. The van der Waals surface area contributed by atoms with Crippen LogP contribution in [0.1, 0.15) is 11.1 Å². The predicted octanol–water partition coefficient (Wildman–Crippen LogP) is 4.52. The molecule has 0 saturated carbocycles. The van der Waals surface area contributed by atoms with E-state index in [0.717, 1.165) is 11.6 Å². The summed E-state index contributed by atoms with van der Waals surface area (Å²) in [6.07, 6.45) is 0. The molecule has 21 heavy (non-hydrogen) atoms. The molecule has 7 heteroatoms. The smallest absolute Gasteiger partial charge is 0.310 e. The number of nitro groups is 1. The average Bonchev–Trinajstić information content (AvgIpc) is 2.43. The summed E-state index contributed by atoms with van der Waals surface area (Å²) in [6, 6.07) is 6.63. The van der Waals surface area contributed by atoms with Gasteiger partial charge in [0.05, 0.1) is 15.0 Å². The molecular formula is C14H10BrF2NO3. The van der Waals surface area contributed by atoms with E-state index in [4.69, 9.17) is 4.74 Å². The molecule has 4 nitrogen and oxygen atoms in total. The van der Waals surface area contributed by atoms with Crippen LogP contribution in [-0.4, -0.2) is 4.92 Å². The van der Waals surface area contributed by atoms with Crippen LogP contribution in [0.3, 0.4) is 0 Å². The topological polar surface area (TPSA) is 52.4 Å². The van der Waals surface area contributed by atoms with Gasteiger partial charge in [-0.2, -0.15) is 0 Å². The van der Waals surface area contributed by atoms with Gasteiger partial charge < -0.3 is 4.74 Å². The lowest BCUT2D eigenvalue weighted by Gasteiger charge is -2.10. The minimum absolute atomic E-state index is 0.0289. The third kappa shape index (κ3) is 3.36. The van der Waals surface area contributed by atoms with Crippen LogP contribution >= 0.6 is 15.9 Å². The quantitative estimate of drug-likeness (QED) is 0.459. The summed E-state index contributed by atoms with van der Waals surface area (Å²) in [7, 11) is 0. The molecule has 0 amide bonds. The maximum absolute atomic E-state index is 13.8. The van der Waals surface area contributed by atoms with Crippen molar-refractivity contribution in [3.8, 4) is 5.75 Å². The molecular weight excluding hydrogens is 348 g/mol. The summed E-state index contributed by atoms with van der Waals surface area (Å²) >= 11 is 2.95. The molecule has 0 spiro atoms. The molecule has 0 aliphatic heterocycles. The van der Waals surface area contributed by atoms with Crippen LogP contribution in [0.4, 0.5) is 14.5 Å². The third-order valence-corrected chi connectivity index (χ3v) is 3.44. The summed E-state index contributed by atoms with van der Waals surface area (Å²) in [5.74, 6) is -1.59. The molecule has 2 rings (SSSR count). The highest BCUT2D eigenvalue weighted by Gasteiger charge is 2.18. The lowest BCUT2D eigenvalue weighted by Crippen LogP contribution is -2.04. The number of rotatable bonds is 4. The zero-order valence-electron chi connectivity index (χ0n) is 10.9.